The van der Waals surface area contributed by atoms with E-state index in [9.17, 15) is 5.11 Å². The number of para-hydroxylation sites is 1. The largest absolute Gasteiger partial charge is 0.493 e. The predicted octanol–water partition coefficient (Wildman–Crippen LogP) is 2.21. The van der Waals surface area contributed by atoms with Crippen LogP contribution in [-0.2, 0) is 7.05 Å². The lowest BCUT2D eigenvalue weighted by Crippen LogP contribution is -2.08. The lowest BCUT2D eigenvalue weighted by atomic mass is 10.1. The highest BCUT2D eigenvalue weighted by molar-refractivity contribution is 5.39. The van der Waals surface area contributed by atoms with Crippen molar-refractivity contribution in [3.05, 3.63) is 47.3 Å². The molecule has 1 unspecified atom stereocenters. The highest BCUT2D eigenvalue weighted by Crippen LogP contribution is 2.29. The maximum Gasteiger partial charge on any atom is 0.125 e. The minimum Gasteiger partial charge on any atom is -0.493 e. The molecule has 96 valence electrons. The number of aliphatic hydroxyl groups is 1. The second-order valence-corrected chi connectivity index (χ2v) is 4.21. The van der Waals surface area contributed by atoms with Gasteiger partial charge in [0.2, 0.25) is 0 Å². The number of hydrogen-bond acceptors (Lipinski definition) is 3. The van der Waals surface area contributed by atoms with Gasteiger partial charge in [0.25, 0.3) is 0 Å². The molecule has 1 aromatic heterocycles. The van der Waals surface area contributed by atoms with Crippen LogP contribution in [0.15, 0.2) is 30.3 Å². The van der Waals surface area contributed by atoms with Crippen molar-refractivity contribution in [1.82, 2.24) is 9.78 Å². The summed E-state index contributed by atoms with van der Waals surface area (Å²) in [5, 5.41) is 14.7. The fourth-order valence-electron chi connectivity index (χ4n) is 2.04. The number of rotatable bonds is 4. The average Bonchev–Trinajstić information content (AvgIpc) is 2.69. The Bertz CT molecular complexity index is 534. The number of aryl methyl sites for hydroxylation is 2. The summed E-state index contributed by atoms with van der Waals surface area (Å²) in [5.74, 6) is 0.714. The summed E-state index contributed by atoms with van der Waals surface area (Å²) in [6.07, 6.45) is -0.723. The molecule has 0 spiro atoms. The molecule has 4 heteroatoms. The van der Waals surface area contributed by atoms with E-state index >= 15 is 0 Å². The van der Waals surface area contributed by atoms with Crippen molar-refractivity contribution in [2.45, 2.75) is 20.0 Å². The number of benzene rings is 1. The Morgan fingerprint density at radius 2 is 2.11 bits per heavy atom. The Morgan fingerprint density at radius 1 is 1.39 bits per heavy atom. The van der Waals surface area contributed by atoms with E-state index in [0.29, 0.717) is 12.4 Å². The molecule has 18 heavy (non-hydrogen) atoms. The molecular weight excluding hydrogens is 228 g/mol. The molecule has 2 rings (SSSR count). The Labute approximate surface area is 107 Å². The zero-order valence-electron chi connectivity index (χ0n) is 10.9. The van der Waals surface area contributed by atoms with Gasteiger partial charge in [0.1, 0.15) is 11.9 Å². The molecule has 0 aliphatic carbocycles. The van der Waals surface area contributed by atoms with Crippen LogP contribution in [0.1, 0.15) is 30.0 Å². The first kappa shape index (κ1) is 12.6. The summed E-state index contributed by atoms with van der Waals surface area (Å²) in [5.41, 5.74) is 2.42. The summed E-state index contributed by atoms with van der Waals surface area (Å²) >= 11 is 0. The lowest BCUT2D eigenvalue weighted by molar-refractivity contribution is 0.202. The number of ether oxygens (including phenoxy) is 1. The zero-order valence-corrected chi connectivity index (χ0v) is 10.9. The van der Waals surface area contributed by atoms with Crippen LogP contribution in [0.3, 0.4) is 0 Å². The first-order valence-electron chi connectivity index (χ1n) is 6.03. The highest BCUT2D eigenvalue weighted by atomic mass is 16.5. The van der Waals surface area contributed by atoms with Crippen LogP contribution in [0.25, 0.3) is 0 Å². The summed E-state index contributed by atoms with van der Waals surface area (Å²) in [7, 11) is 1.83. The molecule has 0 amide bonds. The third-order valence-corrected chi connectivity index (χ3v) is 2.83. The van der Waals surface area contributed by atoms with Gasteiger partial charge in [-0.15, -0.1) is 0 Å². The molecule has 2 aromatic rings. The summed E-state index contributed by atoms with van der Waals surface area (Å²) in [6.45, 7) is 4.41. The van der Waals surface area contributed by atoms with Gasteiger partial charge in [0, 0.05) is 12.6 Å². The number of aromatic nitrogens is 2. The van der Waals surface area contributed by atoms with E-state index < -0.39 is 6.10 Å². The minimum atomic E-state index is -0.723. The lowest BCUT2D eigenvalue weighted by Gasteiger charge is -2.15. The molecule has 0 aliphatic rings. The first-order chi connectivity index (χ1) is 8.63. The Kier molecular flexibility index (Phi) is 3.67. The predicted molar refractivity (Wildman–Crippen MR) is 69.6 cm³/mol. The molecule has 1 heterocycles. The van der Waals surface area contributed by atoms with Crippen LogP contribution in [0.5, 0.6) is 5.75 Å². The van der Waals surface area contributed by atoms with E-state index in [-0.39, 0.29) is 0 Å². The van der Waals surface area contributed by atoms with Gasteiger partial charge in [-0.05, 0) is 26.0 Å². The van der Waals surface area contributed by atoms with Crippen LogP contribution in [0, 0.1) is 6.92 Å². The fraction of sp³-hybridized carbons (Fsp3) is 0.357. The van der Waals surface area contributed by atoms with Gasteiger partial charge in [-0.3, -0.25) is 4.68 Å². The zero-order chi connectivity index (χ0) is 13.1. The van der Waals surface area contributed by atoms with Crippen LogP contribution in [-0.4, -0.2) is 21.5 Å². The summed E-state index contributed by atoms with van der Waals surface area (Å²) in [6, 6.07) is 9.41. The average molecular weight is 246 g/mol. The molecule has 0 aliphatic heterocycles. The van der Waals surface area contributed by atoms with Crippen molar-refractivity contribution in [3.8, 4) is 5.75 Å². The van der Waals surface area contributed by atoms with Gasteiger partial charge in [-0.2, -0.15) is 5.10 Å². The topological polar surface area (TPSA) is 47.3 Å². The molecule has 1 aromatic carbocycles. The minimum absolute atomic E-state index is 0.578. The molecule has 1 atom stereocenters. The van der Waals surface area contributed by atoms with Crippen molar-refractivity contribution in [1.29, 1.82) is 0 Å². The number of nitrogens with zero attached hydrogens (tertiary/aromatic N) is 2. The third kappa shape index (κ3) is 2.38. The molecule has 0 saturated heterocycles. The molecule has 0 bridgehead atoms. The molecule has 0 saturated carbocycles. The van der Waals surface area contributed by atoms with Crippen molar-refractivity contribution in [2.24, 2.45) is 7.05 Å². The van der Waals surface area contributed by atoms with Crippen LogP contribution in [0.2, 0.25) is 0 Å². The standard InChI is InChI=1S/C14H18N2O2/c1-4-18-13-8-6-5-7-11(13)14(17)12-9-10(2)15-16(12)3/h5-9,14,17H,4H2,1-3H3. The van der Waals surface area contributed by atoms with E-state index in [1.165, 1.54) is 0 Å². The monoisotopic (exact) mass is 246 g/mol. The van der Waals surface area contributed by atoms with Crippen molar-refractivity contribution < 1.29 is 9.84 Å². The third-order valence-electron chi connectivity index (χ3n) is 2.83. The second-order valence-electron chi connectivity index (χ2n) is 4.21. The van der Waals surface area contributed by atoms with Crippen LogP contribution < -0.4 is 4.74 Å². The quantitative estimate of drug-likeness (QED) is 0.899. The molecule has 1 N–H and O–H groups in total. The van der Waals surface area contributed by atoms with Gasteiger partial charge >= 0.3 is 0 Å². The van der Waals surface area contributed by atoms with Gasteiger partial charge < -0.3 is 9.84 Å². The maximum absolute atomic E-state index is 10.5. The summed E-state index contributed by atoms with van der Waals surface area (Å²) in [4.78, 5) is 0. The second kappa shape index (κ2) is 5.23. The van der Waals surface area contributed by atoms with Crippen molar-refractivity contribution in [2.75, 3.05) is 6.61 Å². The summed E-state index contributed by atoms with van der Waals surface area (Å²) < 4.78 is 7.23. The van der Waals surface area contributed by atoms with Crippen LogP contribution in [0.4, 0.5) is 0 Å². The van der Waals surface area contributed by atoms with E-state index in [4.69, 9.17) is 4.74 Å². The SMILES string of the molecule is CCOc1ccccc1C(O)c1cc(C)nn1C. The van der Waals surface area contributed by atoms with Crippen LogP contribution >= 0.6 is 0 Å². The Balaban J connectivity index is 2.39. The van der Waals surface area contributed by atoms with Crippen molar-refractivity contribution in [3.63, 3.8) is 0 Å². The molecule has 0 radical (unpaired) electrons. The van der Waals surface area contributed by atoms with Gasteiger partial charge in [-0.1, -0.05) is 18.2 Å². The fourth-order valence-corrected chi connectivity index (χ4v) is 2.04. The van der Waals surface area contributed by atoms with E-state index in [1.54, 1.807) is 4.68 Å². The van der Waals surface area contributed by atoms with Gasteiger partial charge in [0.15, 0.2) is 0 Å². The highest BCUT2D eigenvalue weighted by Gasteiger charge is 2.18. The Morgan fingerprint density at radius 3 is 2.72 bits per heavy atom. The van der Waals surface area contributed by atoms with Gasteiger partial charge in [0.05, 0.1) is 18.0 Å². The molecule has 4 nitrogen and oxygen atoms in total. The normalized spacial score (nSPS) is 12.4. The number of hydrogen-bond donors (Lipinski definition) is 1. The first-order valence-corrected chi connectivity index (χ1v) is 6.03. The smallest absolute Gasteiger partial charge is 0.125 e. The van der Waals surface area contributed by atoms with E-state index in [1.807, 2.05) is 51.2 Å². The molecular formula is C14H18N2O2. The maximum atomic E-state index is 10.5. The van der Waals surface area contributed by atoms with Gasteiger partial charge in [-0.25, -0.2) is 0 Å². The molecule has 0 fully saturated rings. The van der Waals surface area contributed by atoms with E-state index in [2.05, 4.69) is 5.10 Å². The number of aliphatic hydroxyl groups excluding tert-OH is 1. The Hall–Kier alpha value is -1.81. The van der Waals surface area contributed by atoms with E-state index in [0.717, 1.165) is 17.0 Å². The van der Waals surface area contributed by atoms with Crippen molar-refractivity contribution >= 4 is 0 Å².